The number of nitrogens with two attached hydrogens (primary N) is 1. The maximum absolute atomic E-state index is 12.9. The van der Waals surface area contributed by atoms with Gasteiger partial charge >= 0.3 is 5.82 Å². The van der Waals surface area contributed by atoms with E-state index in [1.54, 1.807) is 0 Å². The fraction of sp³-hybridized carbons (Fsp3) is 0.100. The Morgan fingerprint density at radius 2 is 2.14 bits per heavy atom. The van der Waals surface area contributed by atoms with Crippen LogP contribution in [0.2, 0.25) is 5.02 Å². The molecule has 0 aliphatic carbocycles. The number of aromatic nitrogens is 2. The summed E-state index contributed by atoms with van der Waals surface area (Å²) in [5.74, 6) is -1.42. The number of hydrogen-bond donors (Lipinski definition) is 1. The molecule has 2 N–H and O–H groups in total. The van der Waals surface area contributed by atoms with Crippen LogP contribution in [0, 0.1) is 15.9 Å². The van der Waals surface area contributed by atoms with Gasteiger partial charge in [0.05, 0.1) is 17.8 Å². The molecule has 0 spiro atoms. The van der Waals surface area contributed by atoms with Crippen LogP contribution in [0.15, 0.2) is 29.3 Å². The van der Waals surface area contributed by atoms with Crippen LogP contribution in [0.25, 0.3) is 0 Å². The zero-order valence-corrected chi connectivity index (χ0v) is 11.8. The number of nitrogens with zero attached hydrogens (tertiary/aromatic N) is 3. The van der Waals surface area contributed by atoms with Crippen molar-refractivity contribution in [1.29, 1.82) is 0 Å². The maximum Gasteiger partial charge on any atom is 0.410 e. The van der Waals surface area contributed by atoms with Crippen LogP contribution in [0.3, 0.4) is 0 Å². The SMILES string of the molecule is NS(=O)(=O)c1cn(Cc2ccc(F)cc2Cl)nc1[N+](=O)[O-]. The Morgan fingerprint density at radius 3 is 2.62 bits per heavy atom. The maximum atomic E-state index is 12.9. The van der Waals surface area contributed by atoms with Crippen LogP contribution >= 0.6 is 11.6 Å². The number of rotatable bonds is 4. The monoisotopic (exact) mass is 334 g/mol. The highest BCUT2D eigenvalue weighted by Gasteiger charge is 2.29. The third-order valence-corrected chi connectivity index (χ3v) is 3.79. The Bertz CT molecular complexity index is 820. The van der Waals surface area contributed by atoms with Crippen molar-refractivity contribution >= 4 is 27.4 Å². The molecule has 0 amide bonds. The largest absolute Gasteiger partial charge is 0.410 e. The molecule has 0 unspecified atom stereocenters. The first-order valence-corrected chi connectivity index (χ1v) is 7.29. The Labute approximate surface area is 123 Å². The molecule has 0 radical (unpaired) electrons. The van der Waals surface area contributed by atoms with Gasteiger partial charge in [0, 0.05) is 5.02 Å². The molecule has 1 heterocycles. The lowest BCUT2D eigenvalue weighted by Crippen LogP contribution is -2.13. The molecule has 0 aliphatic heterocycles. The summed E-state index contributed by atoms with van der Waals surface area (Å²) in [6.45, 7) is -0.0739. The molecule has 1 aromatic heterocycles. The molecule has 112 valence electrons. The Kier molecular flexibility index (Phi) is 3.94. The predicted octanol–water partition coefficient (Wildman–Crippen LogP) is 1.28. The van der Waals surface area contributed by atoms with E-state index in [-0.39, 0.29) is 11.6 Å². The van der Waals surface area contributed by atoms with E-state index in [0.717, 1.165) is 23.0 Å². The third-order valence-electron chi connectivity index (χ3n) is 2.54. The molecule has 0 aliphatic rings. The summed E-state index contributed by atoms with van der Waals surface area (Å²) in [4.78, 5) is 9.12. The second kappa shape index (κ2) is 5.39. The molecule has 0 fully saturated rings. The minimum atomic E-state index is -4.28. The van der Waals surface area contributed by atoms with Crippen molar-refractivity contribution in [3.05, 3.63) is 50.9 Å². The van der Waals surface area contributed by atoms with Crippen LogP contribution in [0.5, 0.6) is 0 Å². The molecule has 0 atom stereocenters. The minimum Gasteiger partial charge on any atom is -0.358 e. The van der Waals surface area contributed by atoms with E-state index in [0.29, 0.717) is 5.56 Å². The average Bonchev–Trinajstić information content (AvgIpc) is 2.77. The van der Waals surface area contributed by atoms with E-state index in [4.69, 9.17) is 16.7 Å². The zero-order chi connectivity index (χ0) is 15.8. The second-order valence-electron chi connectivity index (χ2n) is 4.05. The second-order valence-corrected chi connectivity index (χ2v) is 5.99. The number of sulfonamides is 1. The van der Waals surface area contributed by atoms with E-state index in [2.05, 4.69) is 5.10 Å². The molecule has 1 aromatic carbocycles. The lowest BCUT2D eigenvalue weighted by Gasteiger charge is -2.01. The predicted molar refractivity (Wildman–Crippen MR) is 70.8 cm³/mol. The Balaban J connectivity index is 2.44. The van der Waals surface area contributed by atoms with E-state index in [9.17, 15) is 22.9 Å². The van der Waals surface area contributed by atoms with Crippen molar-refractivity contribution in [2.75, 3.05) is 0 Å². The van der Waals surface area contributed by atoms with Gasteiger partial charge in [-0.2, -0.15) is 4.68 Å². The highest BCUT2D eigenvalue weighted by atomic mass is 35.5. The highest BCUT2D eigenvalue weighted by molar-refractivity contribution is 7.89. The normalized spacial score (nSPS) is 11.6. The first-order valence-electron chi connectivity index (χ1n) is 5.37. The van der Waals surface area contributed by atoms with Crippen LogP contribution in [-0.4, -0.2) is 23.1 Å². The van der Waals surface area contributed by atoms with Crippen molar-refractivity contribution in [3.63, 3.8) is 0 Å². The van der Waals surface area contributed by atoms with Gasteiger partial charge in [0.1, 0.15) is 5.82 Å². The minimum absolute atomic E-state index is 0.0739. The summed E-state index contributed by atoms with van der Waals surface area (Å²) >= 11 is 5.82. The number of benzene rings is 1. The topological polar surface area (TPSA) is 121 Å². The van der Waals surface area contributed by atoms with Gasteiger partial charge in [0.25, 0.3) is 0 Å². The van der Waals surface area contributed by atoms with E-state index < -0.39 is 31.5 Å². The molecule has 0 saturated carbocycles. The summed E-state index contributed by atoms with van der Waals surface area (Å²) < 4.78 is 36.5. The highest BCUT2D eigenvalue weighted by Crippen LogP contribution is 2.23. The van der Waals surface area contributed by atoms with Gasteiger partial charge in [-0.25, -0.2) is 17.9 Å². The molecular formula is C10H8ClFN4O4S. The molecule has 8 nitrogen and oxygen atoms in total. The average molecular weight is 335 g/mol. The summed E-state index contributed by atoms with van der Waals surface area (Å²) in [6.07, 6.45) is 0.924. The number of hydrogen-bond acceptors (Lipinski definition) is 5. The van der Waals surface area contributed by atoms with Crippen LogP contribution < -0.4 is 5.14 Å². The molecule has 2 rings (SSSR count). The zero-order valence-electron chi connectivity index (χ0n) is 10.2. The summed E-state index contributed by atoms with van der Waals surface area (Å²) in [5.41, 5.74) is 0.413. The number of primary sulfonamides is 1. The lowest BCUT2D eigenvalue weighted by molar-refractivity contribution is -0.392. The smallest absolute Gasteiger partial charge is 0.358 e. The number of nitro groups is 1. The van der Waals surface area contributed by atoms with Gasteiger partial charge < -0.3 is 10.1 Å². The van der Waals surface area contributed by atoms with Gasteiger partial charge in [-0.05, 0) is 22.6 Å². The lowest BCUT2D eigenvalue weighted by atomic mass is 10.2. The fourth-order valence-electron chi connectivity index (χ4n) is 1.63. The van der Waals surface area contributed by atoms with Gasteiger partial charge in [0.2, 0.25) is 14.9 Å². The van der Waals surface area contributed by atoms with Gasteiger partial charge in [-0.3, -0.25) is 0 Å². The number of halogens is 2. The molecule has 21 heavy (non-hydrogen) atoms. The van der Waals surface area contributed by atoms with Gasteiger partial charge in [-0.1, -0.05) is 17.7 Å². The van der Waals surface area contributed by atoms with Gasteiger partial charge in [0.15, 0.2) is 0 Å². The molecule has 0 bridgehead atoms. The first-order chi connectivity index (χ1) is 9.68. The quantitative estimate of drug-likeness (QED) is 0.666. The van der Waals surface area contributed by atoms with Crippen molar-refractivity contribution < 1.29 is 17.7 Å². The first kappa shape index (κ1) is 15.4. The van der Waals surface area contributed by atoms with Crippen LogP contribution in [0.4, 0.5) is 10.2 Å². The molecule has 2 aromatic rings. The van der Waals surface area contributed by atoms with E-state index >= 15 is 0 Å². The van der Waals surface area contributed by atoms with Crippen molar-refractivity contribution in [3.8, 4) is 0 Å². The van der Waals surface area contributed by atoms with Gasteiger partial charge in [-0.15, -0.1) is 0 Å². The van der Waals surface area contributed by atoms with Crippen LogP contribution in [0.1, 0.15) is 5.56 Å². The van der Waals surface area contributed by atoms with E-state index in [1.807, 2.05) is 0 Å². The van der Waals surface area contributed by atoms with Crippen molar-refractivity contribution in [2.45, 2.75) is 11.4 Å². The van der Waals surface area contributed by atoms with E-state index in [1.165, 1.54) is 6.07 Å². The summed E-state index contributed by atoms with van der Waals surface area (Å²) in [7, 11) is -4.28. The Hall–Kier alpha value is -2.04. The molecule has 11 heteroatoms. The molecular weight excluding hydrogens is 327 g/mol. The van der Waals surface area contributed by atoms with Crippen molar-refractivity contribution in [1.82, 2.24) is 9.78 Å². The van der Waals surface area contributed by atoms with Crippen LogP contribution in [-0.2, 0) is 16.6 Å². The van der Waals surface area contributed by atoms with Crippen molar-refractivity contribution in [2.24, 2.45) is 5.14 Å². The summed E-state index contributed by atoms with van der Waals surface area (Å²) in [6, 6.07) is 3.58. The summed E-state index contributed by atoms with van der Waals surface area (Å²) in [5, 5.41) is 19.3. The third kappa shape index (κ3) is 3.35. The Morgan fingerprint density at radius 1 is 1.48 bits per heavy atom. The fourth-order valence-corrected chi connectivity index (χ4v) is 2.49. The molecule has 0 saturated heterocycles. The standard InChI is InChI=1S/C10H8ClFN4O4S/c11-8-3-7(12)2-1-6(8)4-15-5-9(21(13,19)20)10(14-15)16(17)18/h1-3,5H,4H2,(H2,13,19,20).